The van der Waals surface area contributed by atoms with E-state index in [4.69, 9.17) is 32.7 Å². The van der Waals surface area contributed by atoms with Gasteiger partial charge in [0.05, 0.1) is 36.4 Å². The highest BCUT2D eigenvalue weighted by Gasteiger charge is 2.18. The van der Waals surface area contributed by atoms with Crippen molar-refractivity contribution in [1.29, 1.82) is 0 Å². The summed E-state index contributed by atoms with van der Waals surface area (Å²) in [5.74, 6) is -0.227. The first kappa shape index (κ1) is 25.7. The number of anilines is 1. The number of hydrogen-bond acceptors (Lipinski definition) is 7. The summed E-state index contributed by atoms with van der Waals surface area (Å²) in [6.07, 6.45) is 0. The second-order valence-electron chi connectivity index (χ2n) is 7.31. The minimum absolute atomic E-state index is 0.227. The zero-order valence-corrected chi connectivity index (χ0v) is 20.6. The lowest BCUT2D eigenvalue weighted by Gasteiger charge is -2.26. The number of morpholine rings is 1. The fourth-order valence-corrected chi connectivity index (χ4v) is 4.21. The van der Waals surface area contributed by atoms with Crippen molar-refractivity contribution in [3.63, 3.8) is 0 Å². The molecular formula is C21H27Cl2N5O4S. The fourth-order valence-electron chi connectivity index (χ4n) is 3.12. The number of ether oxygens (including phenoxy) is 2. The van der Waals surface area contributed by atoms with E-state index in [9.17, 15) is 9.59 Å². The zero-order chi connectivity index (χ0) is 23.6. The molecule has 0 saturated carbocycles. The molecule has 2 heterocycles. The number of benzene rings is 1. The van der Waals surface area contributed by atoms with E-state index < -0.39 is 0 Å². The van der Waals surface area contributed by atoms with Gasteiger partial charge >= 0.3 is 6.03 Å². The molecule has 0 aliphatic carbocycles. The molecule has 1 aromatic heterocycles. The smallest absolute Gasteiger partial charge is 0.322 e. The van der Waals surface area contributed by atoms with E-state index in [1.807, 2.05) is 0 Å². The van der Waals surface area contributed by atoms with E-state index >= 15 is 0 Å². The second kappa shape index (κ2) is 13.1. The number of hydrogen-bond donors (Lipinski definition) is 2. The number of carbonyl (C=O) groups excluding carboxylic acids is 2. The van der Waals surface area contributed by atoms with E-state index in [2.05, 4.69) is 20.5 Å². The van der Waals surface area contributed by atoms with E-state index in [-0.39, 0.29) is 18.5 Å². The molecule has 1 fully saturated rings. The Morgan fingerprint density at radius 1 is 1.27 bits per heavy atom. The van der Waals surface area contributed by atoms with Crippen LogP contribution < -0.4 is 10.6 Å². The highest BCUT2D eigenvalue weighted by Crippen LogP contribution is 2.25. The van der Waals surface area contributed by atoms with Crippen LogP contribution in [-0.4, -0.2) is 86.4 Å². The van der Waals surface area contributed by atoms with Gasteiger partial charge in [-0.05, 0) is 18.2 Å². The number of aromatic nitrogens is 1. The van der Waals surface area contributed by atoms with Crippen LogP contribution >= 0.6 is 34.5 Å². The Morgan fingerprint density at radius 3 is 2.79 bits per heavy atom. The van der Waals surface area contributed by atoms with Gasteiger partial charge in [0, 0.05) is 50.9 Å². The highest BCUT2D eigenvalue weighted by molar-refractivity contribution is 7.09. The number of nitrogens with one attached hydrogen (secondary N) is 2. The Kier molecular flexibility index (Phi) is 10.2. The van der Waals surface area contributed by atoms with Crippen LogP contribution in [0.3, 0.4) is 0 Å². The maximum atomic E-state index is 12.8. The van der Waals surface area contributed by atoms with Crippen molar-refractivity contribution >= 4 is 52.2 Å². The number of nitrogens with zero attached hydrogens (tertiary/aromatic N) is 3. The normalized spacial score (nSPS) is 14.2. The predicted molar refractivity (Wildman–Crippen MR) is 129 cm³/mol. The van der Waals surface area contributed by atoms with Gasteiger partial charge in [-0.3, -0.25) is 9.69 Å². The monoisotopic (exact) mass is 515 g/mol. The van der Waals surface area contributed by atoms with Gasteiger partial charge in [-0.15, -0.1) is 11.3 Å². The van der Waals surface area contributed by atoms with Crippen LogP contribution in [0.1, 0.15) is 15.5 Å². The van der Waals surface area contributed by atoms with Crippen molar-refractivity contribution in [2.24, 2.45) is 0 Å². The molecule has 0 bridgehead atoms. The topological polar surface area (TPSA) is 96.0 Å². The third-order valence-corrected chi connectivity index (χ3v) is 6.52. The number of carbonyl (C=O) groups is 2. The lowest BCUT2D eigenvalue weighted by atomic mass is 10.3. The summed E-state index contributed by atoms with van der Waals surface area (Å²) >= 11 is 13.3. The van der Waals surface area contributed by atoms with E-state index in [0.29, 0.717) is 46.1 Å². The Hall–Kier alpha value is -1.95. The van der Waals surface area contributed by atoms with Crippen LogP contribution in [0.5, 0.6) is 0 Å². The number of methoxy groups -OCH3 is 1. The van der Waals surface area contributed by atoms with Crippen LogP contribution in [-0.2, 0) is 16.0 Å². The minimum atomic E-state index is -0.336. The largest absolute Gasteiger partial charge is 0.383 e. The number of halogens is 2. The Labute approximate surface area is 206 Å². The molecule has 0 atom stereocenters. The van der Waals surface area contributed by atoms with Gasteiger partial charge in [0.2, 0.25) is 0 Å². The van der Waals surface area contributed by atoms with Crippen LogP contribution in [0.4, 0.5) is 10.5 Å². The summed E-state index contributed by atoms with van der Waals surface area (Å²) in [7, 11) is 1.57. The van der Waals surface area contributed by atoms with Crippen molar-refractivity contribution in [3.8, 4) is 0 Å². The summed E-state index contributed by atoms with van der Waals surface area (Å²) in [6, 6.07) is 4.53. The molecule has 0 unspecified atom stereocenters. The summed E-state index contributed by atoms with van der Waals surface area (Å²) in [4.78, 5) is 33.5. The van der Waals surface area contributed by atoms with Crippen LogP contribution in [0.2, 0.25) is 10.0 Å². The molecule has 9 nitrogen and oxygen atoms in total. The average Bonchev–Trinajstić information content (AvgIpc) is 3.28. The Morgan fingerprint density at radius 2 is 2.06 bits per heavy atom. The summed E-state index contributed by atoms with van der Waals surface area (Å²) in [6.45, 7) is 5.45. The maximum Gasteiger partial charge on any atom is 0.322 e. The molecule has 1 saturated heterocycles. The predicted octanol–water partition coefficient (Wildman–Crippen LogP) is 3.19. The first-order valence-corrected chi connectivity index (χ1v) is 12.1. The van der Waals surface area contributed by atoms with Gasteiger partial charge in [0.1, 0.15) is 10.7 Å². The molecule has 12 heteroatoms. The van der Waals surface area contributed by atoms with Gasteiger partial charge in [0.15, 0.2) is 0 Å². The molecule has 180 valence electrons. The Balaban J connectivity index is 1.54. The summed E-state index contributed by atoms with van der Waals surface area (Å²) in [5, 5.41) is 8.80. The quantitative estimate of drug-likeness (QED) is 0.504. The second-order valence-corrected chi connectivity index (χ2v) is 9.07. The van der Waals surface area contributed by atoms with Gasteiger partial charge in [0.25, 0.3) is 5.91 Å². The number of urea groups is 1. The van der Waals surface area contributed by atoms with E-state index in [1.165, 1.54) is 11.3 Å². The molecule has 3 rings (SSSR count). The third kappa shape index (κ3) is 8.09. The Bertz CT molecular complexity index is 939. The molecule has 1 aliphatic heterocycles. The maximum absolute atomic E-state index is 12.8. The molecule has 3 amide bonds. The molecule has 0 radical (unpaired) electrons. The van der Waals surface area contributed by atoms with Crippen LogP contribution in [0, 0.1) is 0 Å². The summed E-state index contributed by atoms with van der Waals surface area (Å²) in [5.41, 5.74) is 0.866. The zero-order valence-electron chi connectivity index (χ0n) is 18.3. The lowest BCUT2D eigenvalue weighted by molar-refractivity contribution is 0.0383. The van der Waals surface area contributed by atoms with E-state index in [1.54, 1.807) is 35.6 Å². The number of rotatable bonds is 10. The SMILES string of the molecule is COCCN(Cc1nc(C(=O)NCCN2CCOCC2)cs1)C(=O)Nc1ccc(Cl)c(Cl)c1. The number of thiazole rings is 1. The van der Waals surface area contributed by atoms with Gasteiger partial charge in [-0.2, -0.15) is 0 Å². The third-order valence-electron chi connectivity index (χ3n) is 4.95. The molecule has 2 aromatic rings. The van der Waals surface area contributed by atoms with Crippen molar-refractivity contribution in [2.75, 3.05) is 65.0 Å². The van der Waals surface area contributed by atoms with Gasteiger partial charge in [-0.1, -0.05) is 23.2 Å². The van der Waals surface area contributed by atoms with E-state index in [0.717, 1.165) is 32.8 Å². The molecule has 1 aromatic carbocycles. The highest BCUT2D eigenvalue weighted by atomic mass is 35.5. The van der Waals surface area contributed by atoms with Gasteiger partial charge in [-0.25, -0.2) is 9.78 Å². The minimum Gasteiger partial charge on any atom is -0.383 e. The van der Waals surface area contributed by atoms with Crippen molar-refractivity contribution in [1.82, 2.24) is 20.1 Å². The standard InChI is InChI=1S/C21H27Cl2N5O4S/c1-31-9-8-28(21(30)25-15-2-3-16(22)17(23)12-15)13-19-26-18(14-33-19)20(29)24-4-5-27-6-10-32-11-7-27/h2-3,12,14H,4-11,13H2,1H3,(H,24,29)(H,25,30). The average molecular weight is 516 g/mol. The van der Waals surface area contributed by atoms with Crippen molar-refractivity contribution < 1.29 is 19.1 Å². The molecular weight excluding hydrogens is 489 g/mol. The van der Waals surface area contributed by atoms with Crippen LogP contribution in [0.25, 0.3) is 0 Å². The number of amides is 3. The fraction of sp³-hybridized carbons (Fsp3) is 0.476. The van der Waals surface area contributed by atoms with Gasteiger partial charge < -0.3 is 25.0 Å². The molecule has 33 heavy (non-hydrogen) atoms. The molecule has 1 aliphatic rings. The first-order valence-electron chi connectivity index (χ1n) is 10.5. The lowest BCUT2D eigenvalue weighted by Crippen LogP contribution is -2.41. The van der Waals surface area contributed by atoms with Crippen LogP contribution in [0.15, 0.2) is 23.6 Å². The van der Waals surface area contributed by atoms with Crippen molar-refractivity contribution in [3.05, 3.63) is 44.3 Å². The summed E-state index contributed by atoms with van der Waals surface area (Å²) < 4.78 is 10.5. The molecule has 2 N–H and O–H groups in total. The van der Waals surface area contributed by atoms with Crippen molar-refractivity contribution in [2.45, 2.75) is 6.54 Å². The molecule has 0 spiro atoms. The first-order chi connectivity index (χ1) is 16.0.